The van der Waals surface area contributed by atoms with E-state index in [2.05, 4.69) is 9.71 Å². The molecule has 5 rings (SSSR count). The second kappa shape index (κ2) is 9.36. The van der Waals surface area contributed by atoms with E-state index in [1.807, 2.05) is 0 Å². The van der Waals surface area contributed by atoms with Crippen molar-refractivity contribution in [2.24, 2.45) is 0 Å². The third-order valence-electron chi connectivity index (χ3n) is 6.11. The van der Waals surface area contributed by atoms with Crippen molar-refractivity contribution in [2.75, 3.05) is 29.3 Å². The molecule has 36 heavy (non-hydrogen) atoms. The Hall–Kier alpha value is -3.77. The highest BCUT2D eigenvalue weighted by Crippen LogP contribution is 2.26. The van der Waals surface area contributed by atoms with Gasteiger partial charge in [0, 0.05) is 43.4 Å². The number of hydrogen-bond acceptors (Lipinski definition) is 6. The Labute approximate surface area is 212 Å². The number of sulfonamides is 1. The van der Waals surface area contributed by atoms with Crippen LogP contribution in [0.5, 0.6) is 0 Å². The normalized spacial score (nSPS) is 15.3. The number of nitrogens with zero attached hydrogens (tertiary/aromatic N) is 4. The molecule has 4 aromatic rings. The Morgan fingerprint density at radius 2 is 1.94 bits per heavy atom. The molecule has 0 radical (unpaired) electrons. The van der Waals surface area contributed by atoms with Crippen molar-refractivity contribution < 1.29 is 23.8 Å². The molecule has 0 unspecified atom stereocenters. The Balaban J connectivity index is 0.00000320. The maximum Gasteiger partial charge on any atom is 0.263 e. The van der Waals surface area contributed by atoms with Gasteiger partial charge in [0.2, 0.25) is 11.8 Å². The molecule has 1 saturated heterocycles. The number of hydrogen-bond donors (Lipinski definition) is 1. The number of carbonyl (C=O) groups excluding carboxylic acids is 2. The second-order valence-corrected chi connectivity index (χ2v) is 10.9. The van der Waals surface area contributed by atoms with Crippen LogP contribution in [0, 0.1) is 5.82 Å². The number of para-hydroxylation sites is 1. The molecule has 1 aliphatic heterocycles. The molecular weight excluding hydrogens is 505 g/mol. The van der Waals surface area contributed by atoms with Crippen LogP contribution in [0.1, 0.15) is 14.4 Å². The number of amides is 2. The fraction of sp³-hybridized carbons (Fsp3) is 0.208. The average Bonchev–Trinajstić information content (AvgIpc) is 3.53. The Morgan fingerprint density at radius 3 is 2.64 bits per heavy atom. The lowest BCUT2D eigenvalue weighted by Crippen LogP contribution is -2.53. The monoisotopic (exact) mass is 529 g/mol. The SMILES string of the molecule is C[C@H](C(=O)N1CCN(c2ccc(S(=O)(=O)Nc3nccs3)cc2)C(=O)C1)n1ccc2cccc(F)c21.[HH]. The van der Waals surface area contributed by atoms with Gasteiger partial charge in [-0.25, -0.2) is 17.8 Å². The van der Waals surface area contributed by atoms with Crippen LogP contribution >= 0.6 is 11.3 Å². The maximum atomic E-state index is 14.4. The predicted octanol–water partition coefficient (Wildman–Crippen LogP) is 3.72. The fourth-order valence-electron chi connectivity index (χ4n) is 4.27. The van der Waals surface area contributed by atoms with Crippen molar-refractivity contribution in [3.63, 3.8) is 0 Å². The standard InChI is InChI=1S/C24H22FN5O4S2.H2/c1-16(29-11-9-17-3-2-4-20(25)22(17)29)23(32)28-12-13-30(21(31)15-28)18-5-7-19(8-6-18)36(33,34)27-24-26-10-14-35-24;/h2-11,14,16H,12-13,15H2,1H3,(H,26,27);1H/t16-;/m1./s1. The van der Waals surface area contributed by atoms with Gasteiger partial charge in [0.25, 0.3) is 10.0 Å². The lowest BCUT2D eigenvalue weighted by Gasteiger charge is -2.35. The summed E-state index contributed by atoms with van der Waals surface area (Å²) in [6, 6.07) is 11.8. The molecule has 12 heteroatoms. The third kappa shape index (κ3) is 4.44. The molecule has 2 amide bonds. The lowest BCUT2D eigenvalue weighted by atomic mass is 10.2. The van der Waals surface area contributed by atoms with Crippen LogP contribution in [0.15, 0.2) is 71.2 Å². The molecule has 3 heterocycles. The number of thiazole rings is 1. The molecule has 0 saturated carbocycles. The highest BCUT2D eigenvalue weighted by molar-refractivity contribution is 7.93. The molecule has 0 bridgehead atoms. The van der Waals surface area contributed by atoms with Gasteiger partial charge in [-0.15, -0.1) is 11.3 Å². The molecule has 9 nitrogen and oxygen atoms in total. The van der Waals surface area contributed by atoms with Crippen molar-refractivity contribution in [3.05, 3.63) is 72.1 Å². The predicted molar refractivity (Wildman–Crippen MR) is 137 cm³/mol. The van der Waals surface area contributed by atoms with Gasteiger partial charge in [-0.3, -0.25) is 14.3 Å². The molecule has 2 aromatic carbocycles. The minimum Gasteiger partial charge on any atom is -0.333 e. The molecule has 2 aromatic heterocycles. The van der Waals surface area contributed by atoms with Crippen LogP contribution in [-0.4, -0.2) is 54.3 Å². The van der Waals surface area contributed by atoms with Crippen molar-refractivity contribution in [2.45, 2.75) is 17.9 Å². The quantitative estimate of drug-likeness (QED) is 0.410. The molecule has 0 aliphatic carbocycles. The smallest absolute Gasteiger partial charge is 0.263 e. The third-order valence-corrected chi connectivity index (χ3v) is 8.28. The Bertz CT molecular complexity index is 1540. The molecule has 1 fully saturated rings. The number of rotatable bonds is 6. The van der Waals surface area contributed by atoms with Gasteiger partial charge in [-0.2, -0.15) is 0 Å². The number of fused-ring (bicyclic) bond motifs is 1. The second-order valence-electron chi connectivity index (χ2n) is 8.32. The lowest BCUT2D eigenvalue weighted by molar-refractivity contribution is -0.139. The first-order chi connectivity index (χ1) is 17.2. The number of nitrogens with one attached hydrogen (secondary N) is 1. The van der Waals surface area contributed by atoms with E-state index in [-0.39, 0.29) is 36.4 Å². The number of carbonyl (C=O) groups is 2. The van der Waals surface area contributed by atoms with E-state index in [0.29, 0.717) is 23.1 Å². The minimum absolute atomic E-state index is 0. The summed E-state index contributed by atoms with van der Waals surface area (Å²) in [5, 5.41) is 2.62. The van der Waals surface area contributed by atoms with Gasteiger partial charge in [0.1, 0.15) is 18.4 Å². The summed E-state index contributed by atoms with van der Waals surface area (Å²) >= 11 is 1.17. The first-order valence-electron chi connectivity index (χ1n) is 11.1. The van der Waals surface area contributed by atoms with E-state index in [0.717, 1.165) is 0 Å². The van der Waals surface area contributed by atoms with Gasteiger partial charge >= 0.3 is 0 Å². The van der Waals surface area contributed by atoms with Crippen molar-refractivity contribution in [3.8, 4) is 0 Å². The van der Waals surface area contributed by atoms with Gasteiger partial charge in [0.15, 0.2) is 5.13 Å². The van der Waals surface area contributed by atoms with Crippen LogP contribution in [0.25, 0.3) is 10.9 Å². The van der Waals surface area contributed by atoms with E-state index in [1.54, 1.807) is 53.4 Å². The first kappa shape index (κ1) is 23.9. The number of aromatic nitrogens is 2. The number of benzene rings is 2. The van der Waals surface area contributed by atoms with Crippen molar-refractivity contribution in [1.29, 1.82) is 0 Å². The molecule has 0 spiro atoms. The van der Waals surface area contributed by atoms with Gasteiger partial charge in [0.05, 0.1) is 10.4 Å². The van der Waals surface area contributed by atoms with Crippen LogP contribution in [0.4, 0.5) is 15.2 Å². The van der Waals surface area contributed by atoms with Crippen molar-refractivity contribution in [1.82, 2.24) is 14.5 Å². The highest BCUT2D eigenvalue weighted by atomic mass is 32.2. The van der Waals surface area contributed by atoms with Gasteiger partial charge < -0.3 is 14.4 Å². The zero-order chi connectivity index (χ0) is 25.4. The van der Waals surface area contributed by atoms with Crippen LogP contribution in [0.2, 0.25) is 0 Å². The van der Waals surface area contributed by atoms with Crippen LogP contribution in [0.3, 0.4) is 0 Å². The summed E-state index contributed by atoms with van der Waals surface area (Å²) < 4.78 is 43.5. The Kier molecular flexibility index (Phi) is 6.22. The van der Waals surface area contributed by atoms with E-state index in [1.165, 1.54) is 45.5 Å². The van der Waals surface area contributed by atoms with E-state index in [4.69, 9.17) is 0 Å². The maximum absolute atomic E-state index is 14.4. The summed E-state index contributed by atoms with van der Waals surface area (Å²) in [7, 11) is -3.80. The summed E-state index contributed by atoms with van der Waals surface area (Å²) in [6.45, 7) is 2.10. The van der Waals surface area contributed by atoms with Gasteiger partial charge in [-0.1, -0.05) is 12.1 Å². The largest absolute Gasteiger partial charge is 0.333 e. The number of anilines is 2. The average molecular weight is 530 g/mol. The zero-order valence-corrected chi connectivity index (χ0v) is 20.8. The summed E-state index contributed by atoms with van der Waals surface area (Å²) in [5.74, 6) is -0.981. The molecule has 1 N–H and O–H groups in total. The summed E-state index contributed by atoms with van der Waals surface area (Å²) in [6.07, 6.45) is 3.18. The molecular formula is C24H24FN5O4S2. The fourth-order valence-corrected chi connectivity index (χ4v) is 6.06. The highest BCUT2D eigenvalue weighted by Gasteiger charge is 2.31. The molecule has 188 valence electrons. The minimum atomic E-state index is -3.80. The zero-order valence-electron chi connectivity index (χ0n) is 19.2. The first-order valence-corrected chi connectivity index (χ1v) is 13.5. The molecule has 1 aliphatic rings. The van der Waals surface area contributed by atoms with E-state index >= 15 is 0 Å². The van der Waals surface area contributed by atoms with Gasteiger partial charge in [-0.05, 0) is 43.3 Å². The number of halogens is 1. The summed E-state index contributed by atoms with van der Waals surface area (Å²) in [5.41, 5.74) is 0.884. The van der Waals surface area contributed by atoms with Crippen LogP contribution in [-0.2, 0) is 19.6 Å². The van der Waals surface area contributed by atoms with E-state index < -0.39 is 21.9 Å². The molecule has 1 atom stereocenters. The van der Waals surface area contributed by atoms with Crippen LogP contribution < -0.4 is 9.62 Å². The van der Waals surface area contributed by atoms with E-state index in [9.17, 15) is 22.4 Å². The Morgan fingerprint density at radius 1 is 1.17 bits per heavy atom. The van der Waals surface area contributed by atoms with Crippen molar-refractivity contribution >= 4 is 54.9 Å². The topological polar surface area (TPSA) is 105 Å². The summed E-state index contributed by atoms with van der Waals surface area (Å²) in [4.78, 5) is 33.0. The number of piperazine rings is 1.